The molecule has 0 spiro atoms. The molecule has 0 aliphatic rings. The number of nitrogens with zero attached hydrogens (tertiary/aromatic N) is 2. The average molecular weight is 322 g/mol. The molecule has 1 aromatic heterocycles. The van der Waals surface area contributed by atoms with Gasteiger partial charge in [-0.1, -0.05) is 20.3 Å². The van der Waals surface area contributed by atoms with Gasteiger partial charge in [0.2, 0.25) is 0 Å². The fourth-order valence-corrected chi connectivity index (χ4v) is 1.91. The van der Waals surface area contributed by atoms with Crippen LogP contribution in [-0.4, -0.2) is 16.4 Å². The van der Waals surface area contributed by atoms with E-state index in [1.165, 1.54) is 15.7 Å². The predicted octanol–water partition coefficient (Wildman–Crippen LogP) is 3.21. The molecule has 3 nitrogen and oxygen atoms in total. The van der Waals surface area contributed by atoms with E-state index in [0.717, 1.165) is 26.0 Å². The van der Waals surface area contributed by atoms with E-state index >= 15 is 0 Å². The predicted molar refractivity (Wildman–Crippen MR) is 69.8 cm³/mol. The minimum Gasteiger partial charge on any atom is -0.375 e. The maximum atomic E-state index is 5.62. The van der Waals surface area contributed by atoms with Gasteiger partial charge in [0, 0.05) is 13.2 Å². The van der Waals surface area contributed by atoms with Crippen LogP contribution in [0.25, 0.3) is 0 Å². The molecule has 0 aliphatic heterocycles. The van der Waals surface area contributed by atoms with Gasteiger partial charge in [-0.05, 0) is 35.4 Å². The van der Waals surface area contributed by atoms with Gasteiger partial charge in [-0.15, -0.1) is 0 Å². The summed E-state index contributed by atoms with van der Waals surface area (Å²) in [7, 11) is 0. The van der Waals surface area contributed by atoms with E-state index in [0.29, 0.717) is 6.61 Å². The summed E-state index contributed by atoms with van der Waals surface area (Å²) in [5, 5.41) is 4.33. The molecule has 0 aliphatic carbocycles. The number of aromatic nitrogens is 2. The highest BCUT2D eigenvalue weighted by Gasteiger charge is 2.07. The molecular formula is C11H19IN2O. The van der Waals surface area contributed by atoms with Crippen molar-refractivity contribution in [2.75, 3.05) is 6.61 Å². The fraction of sp³-hybridized carbons (Fsp3) is 0.727. The molecule has 0 radical (unpaired) electrons. The standard InChI is InChI=1S/C11H19IN2O/c1-3-5-7-15-9-11-10(12)8-13-14(11)6-4-2/h8H,3-7,9H2,1-2H3. The zero-order chi connectivity index (χ0) is 11.1. The average Bonchev–Trinajstić information content (AvgIpc) is 2.56. The summed E-state index contributed by atoms with van der Waals surface area (Å²) in [4.78, 5) is 0. The Balaban J connectivity index is 2.46. The van der Waals surface area contributed by atoms with Crippen LogP contribution in [0.3, 0.4) is 0 Å². The summed E-state index contributed by atoms with van der Waals surface area (Å²) in [5.41, 5.74) is 1.22. The first-order chi connectivity index (χ1) is 7.29. The summed E-state index contributed by atoms with van der Waals surface area (Å²) in [6.45, 7) is 6.86. The third-order valence-electron chi connectivity index (χ3n) is 2.21. The van der Waals surface area contributed by atoms with Crippen molar-refractivity contribution >= 4 is 22.6 Å². The third kappa shape index (κ3) is 4.10. The van der Waals surface area contributed by atoms with Crippen molar-refractivity contribution in [3.05, 3.63) is 15.5 Å². The second kappa shape index (κ2) is 7.22. The number of unbranched alkanes of at least 4 members (excludes halogenated alkanes) is 1. The van der Waals surface area contributed by atoms with Crippen LogP contribution in [0.15, 0.2) is 6.20 Å². The molecule has 0 N–H and O–H groups in total. The highest BCUT2D eigenvalue weighted by molar-refractivity contribution is 14.1. The van der Waals surface area contributed by atoms with Crippen LogP contribution in [0.1, 0.15) is 38.8 Å². The van der Waals surface area contributed by atoms with E-state index in [2.05, 4.69) is 41.5 Å². The topological polar surface area (TPSA) is 27.1 Å². The molecule has 0 atom stereocenters. The summed E-state index contributed by atoms with van der Waals surface area (Å²) in [5.74, 6) is 0. The van der Waals surface area contributed by atoms with Crippen molar-refractivity contribution in [1.29, 1.82) is 0 Å². The molecule has 0 unspecified atom stereocenters. The first kappa shape index (κ1) is 13.0. The Morgan fingerprint density at radius 3 is 2.87 bits per heavy atom. The largest absolute Gasteiger partial charge is 0.375 e. The normalized spacial score (nSPS) is 10.9. The Morgan fingerprint density at radius 1 is 1.40 bits per heavy atom. The minimum atomic E-state index is 0.693. The lowest BCUT2D eigenvalue weighted by molar-refractivity contribution is 0.111. The van der Waals surface area contributed by atoms with Crippen LogP contribution in [-0.2, 0) is 17.9 Å². The molecular weight excluding hydrogens is 303 g/mol. The van der Waals surface area contributed by atoms with E-state index < -0.39 is 0 Å². The maximum absolute atomic E-state index is 5.62. The Morgan fingerprint density at radius 2 is 2.20 bits per heavy atom. The van der Waals surface area contributed by atoms with E-state index in [-0.39, 0.29) is 0 Å². The van der Waals surface area contributed by atoms with Crippen molar-refractivity contribution in [2.45, 2.75) is 46.3 Å². The van der Waals surface area contributed by atoms with Gasteiger partial charge in [0.05, 0.1) is 22.1 Å². The monoisotopic (exact) mass is 322 g/mol. The maximum Gasteiger partial charge on any atom is 0.0895 e. The molecule has 0 saturated carbocycles. The van der Waals surface area contributed by atoms with Gasteiger partial charge in [-0.3, -0.25) is 4.68 Å². The molecule has 1 aromatic rings. The quantitative estimate of drug-likeness (QED) is 0.569. The third-order valence-corrected chi connectivity index (χ3v) is 3.12. The smallest absolute Gasteiger partial charge is 0.0895 e. The zero-order valence-electron chi connectivity index (χ0n) is 9.50. The van der Waals surface area contributed by atoms with Crippen LogP contribution < -0.4 is 0 Å². The molecule has 86 valence electrons. The number of hydrogen-bond donors (Lipinski definition) is 0. The number of ether oxygens (including phenoxy) is 1. The second-order valence-electron chi connectivity index (χ2n) is 3.57. The summed E-state index contributed by atoms with van der Waals surface area (Å²) in [6.07, 6.45) is 5.35. The molecule has 1 rings (SSSR count). The zero-order valence-corrected chi connectivity index (χ0v) is 11.7. The molecule has 0 saturated heterocycles. The van der Waals surface area contributed by atoms with Gasteiger partial charge in [-0.2, -0.15) is 5.10 Å². The summed E-state index contributed by atoms with van der Waals surface area (Å²) >= 11 is 2.32. The van der Waals surface area contributed by atoms with Crippen molar-refractivity contribution in [3.8, 4) is 0 Å². The van der Waals surface area contributed by atoms with Gasteiger partial charge in [0.15, 0.2) is 0 Å². The van der Waals surface area contributed by atoms with Crippen molar-refractivity contribution in [3.63, 3.8) is 0 Å². The lowest BCUT2D eigenvalue weighted by atomic mass is 10.3. The van der Waals surface area contributed by atoms with Gasteiger partial charge in [-0.25, -0.2) is 0 Å². The van der Waals surface area contributed by atoms with E-state index in [9.17, 15) is 0 Å². The molecule has 0 fully saturated rings. The highest BCUT2D eigenvalue weighted by Crippen LogP contribution is 2.13. The van der Waals surface area contributed by atoms with Crippen LogP contribution in [0.4, 0.5) is 0 Å². The second-order valence-corrected chi connectivity index (χ2v) is 4.73. The van der Waals surface area contributed by atoms with Gasteiger partial charge in [0.25, 0.3) is 0 Å². The van der Waals surface area contributed by atoms with Crippen molar-refractivity contribution < 1.29 is 4.74 Å². The first-order valence-electron chi connectivity index (χ1n) is 5.57. The number of halogens is 1. The van der Waals surface area contributed by atoms with Crippen LogP contribution in [0.5, 0.6) is 0 Å². The molecule has 15 heavy (non-hydrogen) atoms. The fourth-order valence-electron chi connectivity index (χ4n) is 1.35. The molecule has 0 aromatic carbocycles. The number of rotatable bonds is 7. The van der Waals surface area contributed by atoms with Gasteiger partial charge >= 0.3 is 0 Å². The van der Waals surface area contributed by atoms with Gasteiger partial charge in [0.1, 0.15) is 0 Å². The van der Waals surface area contributed by atoms with Crippen molar-refractivity contribution in [1.82, 2.24) is 9.78 Å². The van der Waals surface area contributed by atoms with E-state index in [4.69, 9.17) is 4.74 Å². The van der Waals surface area contributed by atoms with Crippen LogP contribution >= 0.6 is 22.6 Å². The van der Waals surface area contributed by atoms with Crippen molar-refractivity contribution in [2.24, 2.45) is 0 Å². The van der Waals surface area contributed by atoms with E-state index in [1.54, 1.807) is 0 Å². The number of aryl methyl sites for hydroxylation is 1. The number of hydrogen-bond acceptors (Lipinski definition) is 2. The Hall–Kier alpha value is -0.100. The Labute approximate surface area is 105 Å². The lowest BCUT2D eigenvalue weighted by Crippen LogP contribution is -2.07. The first-order valence-corrected chi connectivity index (χ1v) is 6.65. The van der Waals surface area contributed by atoms with E-state index in [1.807, 2.05) is 10.9 Å². The molecule has 0 bridgehead atoms. The Bertz CT molecular complexity index is 286. The molecule has 0 amide bonds. The highest BCUT2D eigenvalue weighted by atomic mass is 127. The van der Waals surface area contributed by atoms with Crippen LogP contribution in [0.2, 0.25) is 0 Å². The summed E-state index contributed by atoms with van der Waals surface area (Å²) < 4.78 is 8.88. The van der Waals surface area contributed by atoms with Gasteiger partial charge < -0.3 is 4.74 Å². The molecule has 1 heterocycles. The Kier molecular flexibility index (Phi) is 6.24. The molecule has 4 heteroatoms. The SMILES string of the molecule is CCCCOCc1c(I)cnn1CCC. The lowest BCUT2D eigenvalue weighted by Gasteiger charge is -2.07. The summed E-state index contributed by atoms with van der Waals surface area (Å²) in [6, 6.07) is 0. The minimum absolute atomic E-state index is 0.693. The van der Waals surface area contributed by atoms with Crippen LogP contribution in [0, 0.1) is 3.57 Å².